The average molecular weight is 396 g/mol. The number of carbonyl (C=O) groups excluding carboxylic acids is 1. The number of amides is 1. The van der Waals surface area contributed by atoms with Gasteiger partial charge in [0.05, 0.1) is 19.3 Å². The molecule has 1 N–H and O–H groups in total. The van der Waals surface area contributed by atoms with Gasteiger partial charge in [0.2, 0.25) is 5.91 Å². The number of nitrogens with one attached hydrogen (secondary N) is 1. The Bertz CT molecular complexity index is 775. The molecule has 3 rings (SSSR count). The Labute approximate surface area is 174 Å². The average Bonchev–Trinajstić information content (AvgIpc) is 2.78. The predicted octanol–water partition coefficient (Wildman–Crippen LogP) is 3.26. The summed E-state index contributed by atoms with van der Waals surface area (Å²) in [6.45, 7) is 8.84. The van der Waals surface area contributed by atoms with Gasteiger partial charge in [-0.2, -0.15) is 0 Å². The van der Waals surface area contributed by atoms with Crippen LogP contribution in [-0.2, 0) is 16.1 Å². The Hall–Kier alpha value is -2.37. The monoisotopic (exact) mass is 395 g/mol. The third-order valence-corrected chi connectivity index (χ3v) is 5.75. The van der Waals surface area contributed by atoms with Crippen molar-refractivity contribution in [3.05, 3.63) is 65.7 Å². The van der Waals surface area contributed by atoms with Crippen molar-refractivity contribution in [2.24, 2.45) is 0 Å². The molecule has 156 valence electrons. The quantitative estimate of drug-likeness (QED) is 0.745. The van der Waals surface area contributed by atoms with E-state index in [4.69, 9.17) is 4.74 Å². The first-order valence-corrected chi connectivity index (χ1v) is 10.5. The van der Waals surface area contributed by atoms with Gasteiger partial charge < -0.3 is 15.0 Å². The minimum absolute atomic E-state index is 0.0686. The van der Waals surface area contributed by atoms with Gasteiger partial charge in [-0.3, -0.25) is 9.69 Å². The van der Waals surface area contributed by atoms with Crippen molar-refractivity contribution >= 4 is 11.6 Å². The van der Waals surface area contributed by atoms with E-state index in [-0.39, 0.29) is 11.9 Å². The van der Waals surface area contributed by atoms with Gasteiger partial charge in [0.25, 0.3) is 0 Å². The Morgan fingerprint density at radius 1 is 1.07 bits per heavy atom. The molecule has 2 aromatic carbocycles. The SMILES string of the molecule is CC(CNC(=O)C(C)N(C)Cc1ccccc1N1CCOCC1)c1ccccc1. The summed E-state index contributed by atoms with van der Waals surface area (Å²) in [6, 6.07) is 18.6. The molecule has 0 saturated carbocycles. The highest BCUT2D eigenvalue weighted by atomic mass is 16.5. The molecule has 0 aromatic heterocycles. The fourth-order valence-electron chi connectivity index (χ4n) is 3.66. The topological polar surface area (TPSA) is 44.8 Å². The van der Waals surface area contributed by atoms with E-state index in [1.165, 1.54) is 16.8 Å². The van der Waals surface area contributed by atoms with Crippen LogP contribution < -0.4 is 10.2 Å². The summed E-state index contributed by atoms with van der Waals surface area (Å²) < 4.78 is 5.48. The lowest BCUT2D eigenvalue weighted by molar-refractivity contribution is -0.125. The number of anilines is 1. The fourth-order valence-corrected chi connectivity index (χ4v) is 3.66. The molecule has 0 bridgehead atoms. The van der Waals surface area contributed by atoms with E-state index in [1.807, 2.05) is 32.2 Å². The van der Waals surface area contributed by atoms with Crippen LogP contribution in [0.1, 0.15) is 30.9 Å². The molecule has 29 heavy (non-hydrogen) atoms. The lowest BCUT2D eigenvalue weighted by atomic mass is 10.0. The zero-order chi connectivity index (χ0) is 20.6. The molecule has 5 nitrogen and oxygen atoms in total. The second-order valence-electron chi connectivity index (χ2n) is 7.88. The molecule has 1 amide bonds. The third kappa shape index (κ3) is 5.81. The summed E-state index contributed by atoms with van der Waals surface area (Å²) in [5.74, 6) is 0.360. The molecule has 2 atom stereocenters. The summed E-state index contributed by atoms with van der Waals surface area (Å²) in [5, 5.41) is 3.12. The van der Waals surface area contributed by atoms with Crippen molar-refractivity contribution in [1.29, 1.82) is 0 Å². The third-order valence-electron chi connectivity index (χ3n) is 5.75. The smallest absolute Gasteiger partial charge is 0.237 e. The zero-order valence-corrected chi connectivity index (χ0v) is 17.8. The van der Waals surface area contributed by atoms with Crippen molar-refractivity contribution < 1.29 is 9.53 Å². The highest BCUT2D eigenvalue weighted by Gasteiger charge is 2.21. The number of morpholine rings is 1. The summed E-state index contributed by atoms with van der Waals surface area (Å²) in [7, 11) is 2.01. The van der Waals surface area contributed by atoms with E-state index in [9.17, 15) is 4.79 Å². The molecule has 0 aliphatic carbocycles. The number of likely N-dealkylation sites (N-methyl/N-ethyl adjacent to an activating group) is 1. The molecule has 2 unspecified atom stereocenters. The summed E-state index contributed by atoms with van der Waals surface area (Å²) in [6.07, 6.45) is 0. The molecule has 0 spiro atoms. The van der Waals surface area contributed by atoms with Gasteiger partial charge in [-0.25, -0.2) is 0 Å². The van der Waals surface area contributed by atoms with E-state index >= 15 is 0 Å². The molecule has 1 aliphatic heterocycles. The first-order chi connectivity index (χ1) is 14.1. The molecule has 1 aliphatic rings. The van der Waals surface area contributed by atoms with Crippen LogP contribution in [0.2, 0.25) is 0 Å². The maximum absolute atomic E-state index is 12.7. The van der Waals surface area contributed by atoms with Crippen molar-refractivity contribution in [2.45, 2.75) is 32.4 Å². The number of hydrogen-bond acceptors (Lipinski definition) is 4. The van der Waals surface area contributed by atoms with Gasteiger partial charge in [0.1, 0.15) is 0 Å². The predicted molar refractivity (Wildman–Crippen MR) is 118 cm³/mol. The normalized spacial score (nSPS) is 16.5. The van der Waals surface area contributed by atoms with Gasteiger partial charge in [-0.05, 0) is 37.1 Å². The number of benzene rings is 2. The van der Waals surface area contributed by atoms with Crippen LogP contribution in [0.5, 0.6) is 0 Å². The number of carbonyl (C=O) groups is 1. The van der Waals surface area contributed by atoms with Gasteiger partial charge >= 0.3 is 0 Å². The molecule has 1 heterocycles. The van der Waals surface area contributed by atoms with Crippen LogP contribution in [0.4, 0.5) is 5.69 Å². The van der Waals surface area contributed by atoms with E-state index in [2.05, 4.69) is 58.4 Å². The van der Waals surface area contributed by atoms with Crippen LogP contribution in [-0.4, -0.2) is 56.7 Å². The second kappa shape index (κ2) is 10.4. The Kier molecular flexibility index (Phi) is 7.67. The van der Waals surface area contributed by atoms with Crippen LogP contribution in [0.3, 0.4) is 0 Å². The molecule has 5 heteroatoms. The molecular formula is C24H33N3O2. The lowest BCUT2D eigenvalue weighted by Crippen LogP contribution is -2.44. The van der Waals surface area contributed by atoms with Crippen molar-refractivity contribution in [2.75, 3.05) is 44.8 Å². The highest BCUT2D eigenvalue weighted by Crippen LogP contribution is 2.23. The standard InChI is InChI=1S/C24H33N3O2/c1-19(21-9-5-4-6-10-21)17-25-24(28)20(2)26(3)18-22-11-7-8-12-23(22)27-13-15-29-16-14-27/h4-12,19-20H,13-18H2,1-3H3,(H,25,28). The largest absolute Gasteiger partial charge is 0.378 e. The summed E-state index contributed by atoms with van der Waals surface area (Å²) in [4.78, 5) is 17.2. The van der Waals surface area contributed by atoms with Crippen LogP contribution in [0.25, 0.3) is 0 Å². The molecule has 2 aromatic rings. The van der Waals surface area contributed by atoms with Crippen molar-refractivity contribution in [1.82, 2.24) is 10.2 Å². The van der Waals surface area contributed by atoms with E-state index in [1.54, 1.807) is 0 Å². The molecule has 0 radical (unpaired) electrons. The van der Waals surface area contributed by atoms with Gasteiger partial charge in [-0.1, -0.05) is 55.5 Å². The first-order valence-electron chi connectivity index (χ1n) is 10.5. The van der Waals surface area contributed by atoms with Crippen LogP contribution >= 0.6 is 0 Å². The second-order valence-corrected chi connectivity index (χ2v) is 7.88. The fraction of sp³-hybridized carbons (Fsp3) is 0.458. The zero-order valence-electron chi connectivity index (χ0n) is 17.8. The number of nitrogens with zero attached hydrogens (tertiary/aromatic N) is 2. The number of hydrogen-bond donors (Lipinski definition) is 1. The number of rotatable bonds is 8. The maximum Gasteiger partial charge on any atom is 0.237 e. The summed E-state index contributed by atoms with van der Waals surface area (Å²) in [5.41, 5.74) is 3.73. The molecular weight excluding hydrogens is 362 g/mol. The molecule has 1 saturated heterocycles. The minimum atomic E-state index is -0.198. The van der Waals surface area contributed by atoms with E-state index < -0.39 is 0 Å². The van der Waals surface area contributed by atoms with Gasteiger partial charge in [0, 0.05) is 31.9 Å². The highest BCUT2D eigenvalue weighted by molar-refractivity contribution is 5.81. The van der Waals surface area contributed by atoms with Gasteiger partial charge in [0.15, 0.2) is 0 Å². The summed E-state index contributed by atoms with van der Waals surface area (Å²) >= 11 is 0. The van der Waals surface area contributed by atoms with Crippen molar-refractivity contribution in [3.63, 3.8) is 0 Å². The van der Waals surface area contributed by atoms with Crippen molar-refractivity contribution in [3.8, 4) is 0 Å². The number of ether oxygens (including phenoxy) is 1. The Morgan fingerprint density at radius 3 is 2.45 bits per heavy atom. The van der Waals surface area contributed by atoms with Crippen LogP contribution in [0.15, 0.2) is 54.6 Å². The molecule has 1 fully saturated rings. The van der Waals surface area contributed by atoms with E-state index in [0.717, 1.165) is 32.8 Å². The Balaban J connectivity index is 1.56. The maximum atomic E-state index is 12.7. The minimum Gasteiger partial charge on any atom is -0.378 e. The Morgan fingerprint density at radius 2 is 1.72 bits per heavy atom. The first kappa shape index (κ1) is 21.3. The lowest BCUT2D eigenvalue weighted by Gasteiger charge is -2.32. The number of para-hydroxylation sites is 1. The van der Waals surface area contributed by atoms with Crippen LogP contribution in [0, 0.1) is 0 Å². The van der Waals surface area contributed by atoms with Gasteiger partial charge in [-0.15, -0.1) is 0 Å². The van der Waals surface area contributed by atoms with E-state index in [0.29, 0.717) is 12.5 Å².